The fourth-order valence-electron chi connectivity index (χ4n) is 7.47. The van der Waals surface area contributed by atoms with Gasteiger partial charge in [-0.15, -0.1) is 29.3 Å². The van der Waals surface area contributed by atoms with Crippen molar-refractivity contribution in [3.63, 3.8) is 0 Å². The van der Waals surface area contributed by atoms with Crippen LogP contribution in [-0.2, 0) is 26.5 Å². The Morgan fingerprint density at radius 1 is 0.707 bits per heavy atom. The molecule has 294 valence electrons. The molecule has 0 radical (unpaired) electrons. The number of benzene rings is 6. The number of aromatic nitrogens is 3. The number of fused-ring (bicyclic) bond motifs is 1. The van der Waals surface area contributed by atoms with Gasteiger partial charge in [0.15, 0.2) is 0 Å². The van der Waals surface area contributed by atoms with E-state index in [4.69, 9.17) is 16.8 Å². The second-order valence-electron chi connectivity index (χ2n) is 16.5. The van der Waals surface area contributed by atoms with Gasteiger partial charge in [-0.25, -0.2) is 4.98 Å². The summed E-state index contributed by atoms with van der Waals surface area (Å²) in [6, 6.07) is 36.7. The molecule has 0 fully saturated rings. The number of hydrogen-bond acceptors (Lipinski definition) is 3. The molecule has 0 bridgehead atoms. The first-order chi connectivity index (χ1) is 29.4. The van der Waals surface area contributed by atoms with Gasteiger partial charge < -0.3 is 5.11 Å². The van der Waals surface area contributed by atoms with E-state index in [0.717, 1.165) is 61.2 Å². The van der Waals surface area contributed by atoms with Crippen LogP contribution >= 0.6 is 0 Å². The van der Waals surface area contributed by atoms with Gasteiger partial charge in [0.2, 0.25) is 0 Å². The van der Waals surface area contributed by atoms with Crippen LogP contribution < -0.4 is 0 Å². The smallest absolute Gasteiger partial charge is 0.148 e. The summed E-state index contributed by atoms with van der Waals surface area (Å²) in [6.45, 7) is 17.1. The average molecular weight is 945 g/mol. The number of para-hydroxylation sites is 1. The SMILES string of the molecule is [2H]c1c([2H])c([2H])c(-c2ccnc(-c3[c-]c(-c4cccc5c4nc(-c4cc(C(C)C)cc(C(C)C)c4O)n5-c4ccc(C)cc4-c4ccccc4)cc(C(C)(C)C)c3)c2)c([2H])c1[2H].[Pt]. The fourth-order valence-corrected chi connectivity index (χ4v) is 7.47. The van der Waals surface area contributed by atoms with E-state index in [1.165, 1.54) is 0 Å². The van der Waals surface area contributed by atoms with Crippen molar-refractivity contribution in [2.45, 2.75) is 72.6 Å². The van der Waals surface area contributed by atoms with E-state index >= 15 is 0 Å². The number of phenols is 1. The zero-order valence-electron chi connectivity index (χ0n) is 39.2. The van der Waals surface area contributed by atoms with Crippen LogP contribution in [0.4, 0.5) is 0 Å². The number of hydrogen-bond donors (Lipinski definition) is 1. The van der Waals surface area contributed by atoms with Crippen molar-refractivity contribution in [3.05, 3.63) is 168 Å². The third-order valence-electron chi connectivity index (χ3n) is 10.7. The van der Waals surface area contributed by atoms with Gasteiger partial charge in [-0.05, 0) is 82.3 Å². The van der Waals surface area contributed by atoms with E-state index in [-0.39, 0.29) is 73.8 Å². The summed E-state index contributed by atoms with van der Waals surface area (Å²) in [5, 5.41) is 12.2. The molecule has 58 heavy (non-hydrogen) atoms. The molecule has 0 unspecified atom stereocenters. The minimum Gasteiger partial charge on any atom is -0.507 e. The number of pyridine rings is 1. The standard InChI is InChI=1S/C53H50N3O.Pt/c1-33(2)39-30-44(34(3)4)51(57)46(31-39)52-55-50-43(20-15-21-49(50)56(52)48-23-22-35(5)26-45(48)37-18-13-10-14-19-37)40-27-41(29-42(28-40)53(6,7)8)47-32-38(24-25-54-47)36-16-11-9-12-17-36;/h9-26,28-34,57H,1-8H3;/q-1;/i9D,11D,12D,16D,17D;. The zero-order valence-corrected chi connectivity index (χ0v) is 36.4. The summed E-state index contributed by atoms with van der Waals surface area (Å²) in [5.41, 5.74) is 12.6. The normalized spacial score (nSPS) is 12.9. The Balaban J connectivity index is 0.00000595. The topological polar surface area (TPSA) is 50.9 Å². The van der Waals surface area contributed by atoms with Crippen LogP contribution in [0, 0.1) is 13.0 Å². The molecule has 2 heterocycles. The maximum atomic E-state index is 12.2. The van der Waals surface area contributed by atoms with Crippen molar-refractivity contribution in [2.24, 2.45) is 0 Å². The minimum absolute atomic E-state index is 0. The van der Waals surface area contributed by atoms with Gasteiger partial charge in [0.05, 0.1) is 29.1 Å². The van der Waals surface area contributed by atoms with Crippen LogP contribution in [0.25, 0.3) is 72.7 Å². The second-order valence-corrected chi connectivity index (χ2v) is 16.5. The first-order valence-electron chi connectivity index (χ1n) is 22.1. The third-order valence-corrected chi connectivity index (χ3v) is 10.7. The number of aryl methyl sites for hydroxylation is 1. The number of phenolic OH excluding ortho intramolecular Hbond substituents is 1. The Hall–Kier alpha value is -5.57. The van der Waals surface area contributed by atoms with Crippen LogP contribution in [0.5, 0.6) is 5.75 Å². The summed E-state index contributed by atoms with van der Waals surface area (Å²) < 4.78 is 44.2. The Kier molecular flexibility index (Phi) is 9.72. The zero-order chi connectivity index (χ0) is 44.4. The molecule has 6 aromatic carbocycles. The Labute approximate surface area is 365 Å². The van der Waals surface area contributed by atoms with E-state index in [0.29, 0.717) is 28.2 Å². The van der Waals surface area contributed by atoms with Gasteiger partial charge in [-0.2, -0.15) is 0 Å². The Bertz CT molecular complexity index is 3010. The molecule has 0 aliphatic rings. The van der Waals surface area contributed by atoms with E-state index < -0.39 is 6.04 Å². The molecular weight excluding hydrogens is 890 g/mol. The molecular formula is C53H50N3OPt-. The van der Waals surface area contributed by atoms with Gasteiger partial charge in [0.25, 0.3) is 0 Å². The second kappa shape index (κ2) is 16.4. The first-order valence-corrected chi connectivity index (χ1v) is 19.6. The Morgan fingerprint density at radius 3 is 2.16 bits per heavy atom. The van der Waals surface area contributed by atoms with Gasteiger partial charge in [-0.1, -0.05) is 156 Å². The summed E-state index contributed by atoms with van der Waals surface area (Å²) in [7, 11) is 0. The van der Waals surface area contributed by atoms with Gasteiger partial charge in [0, 0.05) is 38.5 Å². The van der Waals surface area contributed by atoms with E-state index in [1.807, 2.05) is 24.3 Å². The summed E-state index contributed by atoms with van der Waals surface area (Å²) in [5.74, 6) is 1.11. The third kappa shape index (κ3) is 7.83. The van der Waals surface area contributed by atoms with Crippen molar-refractivity contribution < 1.29 is 33.0 Å². The molecule has 5 heteroatoms. The van der Waals surface area contributed by atoms with E-state index in [2.05, 4.69) is 133 Å². The summed E-state index contributed by atoms with van der Waals surface area (Å²) >= 11 is 0. The van der Waals surface area contributed by atoms with Crippen molar-refractivity contribution in [1.82, 2.24) is 14.5 Å². The van der Waals surface area contributed by atoms with Crippen LogP contribution in [-0.4, -0.2) is 19.6 Å². The molecule has 0 atom stereocenters. The molecule has 8 rings (SSSR count). The number of rotatable bonds is 8. The fraction of sp³-hybridized carbons (Fsp3) is 0.208. The predicted octanol–water partition coefficient (Wildman–Crippen LogP) is 14.1. The largest absolute Gasteiger partial charge is 0.507 e. The number of aromatic hydroxyl groups is 1. The van der Waals surface area contributed by atoms with Gasteiger partial charge in [-0.3, -0.25) is 9.55 Å². The molecule has 1 N–H and O–H groups in total. The van der Waals surface area contributed by atoms with Gasteiger partial charge >= 0.3 is 0 Å². The summed E-state index contributed by atoms with van der Waals surface area (Å²) in [6.07, 6.45) is 1.60. The quantitative estimate of drug-likeness (QED) is 0.154. The summed E-state index contributed by atoms with van der Waals surface area (Å²) in [4.78, 5) is 10.3. The van der Waals surface area contributed by atoms with Crippen molar-refractivity contribution >= 4 is 11.0 Å². The molecule has 4 nitrogen and oxygen atoms in total. The van der Waals surface area contributed by atoms with Crippen LogP contribution in [0.2, 0.25) is 0 Å². The van der Waals surface area contributed by atoms with Crippen LogP contribution in [0.3, 0.4) is 0 Å². The first kappa shape index (κ1) is 34.5. The van der Waals surface area contributed by atoms with E-state index in [9.17, 15) is 5.11 Å². The van der Waals surface area contributed by atoms with Crippen molar-refractivity contribution in [3.8, 4) is 67.5 Å². The average Bonchev–Trinajstić information content (AvgIpc) is 3.64. The van der Waals surface area contributed by atoms with Crippen molar-refractivity contribution in [2.75, 3.05) is 0 Å². The van der Waals surface area contributed by atoms with Crippen molar-refractivity contribution in [1.29, 1.82) is 0 Å². The Morgan fingerprint density at radius 2 is 1.45 bits per heavy atom. The molecule has 8 aromatic rings. The molecule has 0 aliphatic carbocycles. The monoisotopic (exact) mass is 944 g/mol. The maximum Gasteiger partial charge on any atom is 0.148 e. The molecule has 0 saturated heterocycles. The van der Waals surface area contributed by atoms with Gasteiger partial charge in [0.1, 0.15) is 11.6 Å². The number of nitrogens with zero attached hydrogens (tertiary/aromatic N) is 3. The molecule has 0 spiro atoms. The minimum atomic E-state index is -0.435. The predicted molar refractivity (Wildman–Crippen MR) is 238 cm³/mol. The molecule has 0 amide bonds. The van der Waals surface area contributed by atoms with E-state index in [1.54, 1.807) is 18.3 Å². The molecule has 0 aliphatic heterocycles. The maximum absolute atomic E-state index is 12.2. The molecule has 2 aromatic heterocycles. The molecule has 0 saturated carbocycles. The number of imidazole rings is 1. The van der Waals surface area contributed by atoms with Crippen LogP contribution in [0.1, 0.15) is 89.4 Å². The van der Waals surface area contributed by atoms with Crippen LogP contribution in [0.15, 0.2) is 140 Å².